The first-order valence-corrected chi connectivity index (χ1v) is 8.70. The van der Waals surface area contributed by atoms with Crippen LogP contribution in [0.1, 0.15) is 25.0 Å². The van der Waals surface area contributed by atoms with Crippen LogP contribution in [0.3, 0.4) is 0 Å². The zero-order chi connectivity index (χ0) is 17.5. The summed E-state index contributed by atoms with van der Waals surface area (Å²) in [4.78, 5) is 0. The van der Waals surface area contributed by atoms with Crippen molar-refractivity contribution in [2.24, 2.45) is 0 Å². The molecule has 0 bridgehead atoms. The number of ether oxygens (including phenoxy) is 1. The molecule has 0 aliphatic carbocycles. The van der Waals surface area contributed by atoms with Gasteiger partial charge in [-0.3, -0.25) is 0 Å². The Morgan fingerprint density at radius 1 is 1.29 bits per heavy atom. The summed E-state index contributed by atoms with van der Waals surface area (Å²) in [5.41, 5.74) is 2.49. The third kappa shape index (κ3) is 4.48. The molecule has 0 amide bonds. The van der Waals surface area contributed by atoms with Gasteiger partial charge in [0.15, 0.2) is 5.11 Å². The van der Waals surface area contributed by atoms with Crippen LogP contribution in [-0.4, -0.2) is 24.8 Å². The Bertz CT molecular complexity index is 725. The van der Waals surface area contributed by atoms with E-state index in [1.54, 1.807) is 7.11 Å². The van der Waals surface area contributed by atoms with E-state index in [0.29, 0.717) is 11.2 Å². The van der Waals surface area contributed by atoms with Gasteiger partial charge in [-0.1, -0.05) is 30.3 Å². The second-order valence-electron chi connectivity index (χ2n) is 6.06. The van der Waals surface area contributed by atoms with Gasteiger partial charge in [-0.15, -0.1) is 6.58 Å². The van der Waals surface area contributed by atoms with Gasteiger partial charge in [-0.25, -0.2) is 0 Å². The number of benzene rings is 2. The molecule has 0 heterocycles. The molecule has 0 radical (unpaired) electrons. The SMILES string of the molecule is C=CCc1c(OC)ccc2cccc(CCNC(=S)NC(C)C)c12. The average Bonchev–Trinajstić information content (AvgIpc) is 2.54. The molecule has 0 aromatic heterocycles. The van der Waals surface area contributed by atoms with Crippen molar-refractivity contribution in [3.8, 4) is 5.75 Å². The van der Waals surface area contributed by atoms with Gasteiger partial charge >= 0.3 is 0 Å². The summed E-state index contributed by atoms with van der Waals surface area (Å²) >= 11 is 5.29. The maximum Gasteiger partial charge on any atom is 0.166 e. The molecule has 0 atom stereocenters. The quantitative estimate of drug-likeness (QED) is 0.589. The van der Waals surface area contributed by atoms with E-state index in [-0.39, 0.29) is 0 Å². The van der Waals surface area contributed by atoms with Gasteiger partial charge in [0.25, 0.3) is 0 Å². The number of hydrogen-bond acceptors (Lipinski definition) is 2. The zero-order valence-electron chi connectivity index (χ0n) is 14.7. The summed E-state index contributed by atoms with van der Waals surface area (Å²) in [5.74, 6) is 0.916. The molecule has 2 aromatic rings. The van der Waals surface area contributed by atoms with Gasteiger partial charge in [0.05, 0.1) is 7.11 Å². The fraction of sp³-hybridized carbons (Fsp3) is 0.350. The Labute approximate surface area is 150 Å². The molecule has 3 nitrogen and oxygen atoms in total. The first-order chi connectivity index (χ1) is 11.6. The van der Waals surface area contributed by atoms with Crippen molar-refractivity contribution < 1.29 is 4.74 Å². The normalized spacial score (nSPS) is 10.7. The van der Waals surface area contributed by atoms with Crippen molar-refractivity contribution in [3.63, 3.8) is 0 Å². The molecule has 0 aliphatic heterocycles. The molecule has 0 saturated heterocycles. The van der Waals surface area contributed by atoms with Crippen molar-refractivity contribution in [2.75, 3.05) is 13.7 Å². The molecule has 0 spiro atoms. The second kappa shape index (κ2) is 8.69. The molecule has 2 rings (SSSR count). The molecule has 24 heavy (non-hydrogen) atoms. The first-order valence-electron chi connectivity index (χ1n) is 8.29. The molecule has 0 aliphatic rings. The Balaban J connectivity index is 2.26. The van der Waals surface area contributed by atoms with Crippen LogP contribution < -0.4 is 15.4 Å². The minimum absolute atomic E-state index is 0.339. The van der Waals surface area contributed by atoms with Crippen molar-refractivity contribution >= 4 is 28.1 Å². The van der Waals surface area contributed by atoms with Crippen LogP contribution >= 0.6 is 12.2 Å². The fourth-order valence-corrected chi connectivity index (χ4v) is 3.22. The smallest absolute Gasteiger partial charge is 0.166 e. The first kappa shape index (κ1) is 18.3. The second-order valence-corrected chi connectivity index (χ2v) is 6.47. The van der Waals surface area contributed by atoms with Gasteiger partial charge in [0.1, 0.15) is 5.75 Å². The van der Waals surface area contributed by atoms with Gasteiger partial charge in [0.2, 0.25) is 0 Å². The van der Waals surface area contributed by atoms with Crippen molar-refractivity contribution in [1.82, 2.24) is 10.6 Å². The number of rotatable bonds is 7. The van der Waals surface area contributed by atoms with Gasteiger partial charge in [-0.2, -0.15) is 0 Å². The predicted molar refractivity (Wildman–Crippen MR) is 107 cm³/mol. The number of thiocarbonyl (C=S) groups is 1. The summed E-state index contributed by atoms with van der Waals surface area (Å²) < 4.78 is 5.55. The highest BCUT2D eigenvalue weighted by molar-refractivity contribution is 7.80. The van der Waals surface area contributed by atoms with Gasteiger partial charge in [0, 0.05) is 18.2 Å². The van der Waals surface area contributed by atoms with E-state index in [2.05, 4.69) is 55.3 Å². The largest absolute Gasteiger partial charge is 0.496 e. The van der Waals surface area contributed by atoms with Crippen LogP contribution in [-0.2, 0) is 12.8 Å². The molecule has 0 saturated carbocycles. The lowest BCUT2D eigenvalue weighted by Crippen LogP contribution is -2.40. The molecular weight excluding hydrogens is 316 g/mol. The average molecular weight is 343 g/mol. The van der Waals surface area contributed by atoms with Crippen LogP contribution in [0.15, 0.2) is 43.0 Å². The molecule has 2 N–H and O–H groups in total. The van der Waals surface area contributed by atoms with Crippen LogP contribution in [0.25, 0.3) is 10.8 Å². The molecule has 2 aromatic carbocycles. The lowest BCUT2D eigenvalue weighted by Gasteiger charge is -2.16. The Morgan fingerprint density at radius 3 is 2.75 bits per heavy atom. The maximum atomic E-state index is 5.55. The Hall–Kier alpha value is -2.07. The van der Waals surface area contributed by atoms with Crippen LogP contribution in [0.4, 0.5) is 0 Å². The highest BCUT2D eigenvalue weighted by Gasteiger charge is 2.11. The van der Waals surface area contributed by atoms with E-state index >= 15 is 0 Å². The minimum atomic E-state index is 0.339. The van der Waals surface area contributed by atoms with Gasteiger partial charge in [-0.05, 0) is 61.3 Å². The predicted octanol–water partition coefficient (Wildman–Crippen LogP) is 3.99. The highest BCUT2D eigenvalue weighted by atomic mass is 32.1. The Kier molecular flexibility index (Phi) is 6.62. The standard InChI is InChI=1S/C20H26N2OS/c1-5-7-17-18(23-4)11-10-15-8-6-9-16(19(15)17)12-13-21-20(24)22-14(2)3/h5-6,8-11,14H,1,7,12-13H2,2-4H3,(H2,21,22,24). The van der Waals surface area contributed by atoms with Crippen molar-refractivity contribution in [2.45, 2.75) is 32.7 Å². The number of nitrogens with one attached hydrogen (secondary N) is 2. The van der Waals surface area contributed by atoms with Crippen LogP contribution in [0.2, 0.25) is 0 Å². The maximum absolute atomic E-state index is 5.55. The highest BCUT2D eigenvalue weighted by Crippen LogP contribution is 2.31. The summed E-state index contributed by atoms with van der Waals surface area (Å²) in [6, 6.07) is 10.9. The molecule has 0 unspecified atom stereocenters. The fourth-order valence-electron chi connectivity index (χ4n) is 2.89. The monoisotopic (exact) mass is 342 g/mol. The third-order valence-electron chi connectivity index (χ3n) is 3.86. The topological polar surface area (TPSA) is 33.3 Å². The Morgan fingerprint density at radius 2 is 2.08 bits per heavy atom. The summed E-state index contributed by atoms with van der Waals surface area (Å²) in [6.45, 7) is 8.83. The lowest BCUT2D eigenvalue weighted by atomic mass is 9.95. The number of methoxy groups -OCH3 is 1. The summed E-state index contributed by atoms with van der Waals surface area (Å²) in [5, 5.41) is 9.68. The zero-order valence-corrected chi connectivity index (χ0v) is 15.5. The van der Waals surface area contributed by atoms with E-state index < -0.39 is 0 Å². The number of hydrogen-bond donors (Lipinski definition) is 2. The molecule has 4 heteroatoms. The van der Waals surface area contributed by atoms with E-state index in [4.69, 9.17) is 17.0 Å². The summed E-state index contributed by atoms with van der Waals surface area (Å²) in [7, 11) is 1.72. The van der Waals surface area contributed by atoms with Crippen molar-refractivity contribution in [1.29, 1.82) is 0 Å². The van der Waals surface area contributed by atoms with Crippen LogP contribution in [0, 0.1) is 0 Å². The molecule has 0 fully saturated rings. The van der Waals surface area contributed by atoms with E-state index in [1.165, 1.54) is 21.9 Å². The van der Waals surface area contributed by atoms with Gasteiger partial charge < -0.3 is 15.4 Å². The lowest BCUT2D eigenvalue weighted by molar-refractivity contribution is 0.411. The minimum Gasteiger partial charge on any atom is -0.496 e. The van der Waals surface area contributed by atoms with E-state index in [1.807, 2.05) is 12.1 Å². The summed E-state index contributed by atoms with van der Waals surface area (Å²) in [6.07, 6.45) is 3.61. The molecular formula is C20H26N2OS. The number of allylic oxidation sites excluding steroid dienone is 1. The van der Waals surface area contributed by atoms with E-state index in [0.717, 1.165) is 25.1 Å². The van der Waals surface area contributed by atoms with E-state index in [9.17, 15) is 0 Å². The molecule has 128 valence electrons. The van der Waals surface area contributed by atoms with Crippen molar-refractivity contribution in [3.05, 3.63) is 54.1 Å². The van der Waals surface area contributed by atoms with Crippen LogP contribution in [0.5, 0.6) is 5.75 Å². The number of fused-ring (bicyclic) bond motifs is 1. The third-order valence-corrected chi connectivity index (χ3v) is 4.13.